The predicted octanol–water partition coefficient (Wildman–Crippen LogP) is 2.53. The second-order valence-corrected chi connectivity index (χ2v) is 4.19. The van der Waals surface area contributed by atoms with Crippen LogP contribution in [0.3, 0.4) is 0 Å². The van der Waals surface area contributed by atoms with E-state index in [0.29, 0.717) is 6.54 Å². The highest BCUT2D eigenvalue weighted by molar-refractivity contribution is 6.20. The molecule has 1 unspecified atom stereocenters. The maximum absolute atomic E-state index is 13.3. The first-order valence-corrected chi connectivity index (χ1v) is 5.10. The lowest BCUT2D eigenvalue weighted by Crippen LogP contribution is -2.31. The van der Waals surface area contributed by atoms with Gasteiger partial charge in [-0.1, -0.05) is 12.1 Å². The van der Waals surface area contributed by atoms with Crippen molar-refractivity contribution in [3.8, 4) is 0 Å². The zero-order valence-corrected chi connectivity index (χ0v) is 9.46. The second kappa shape index (κ2) is 5.12. The Kier molecular flexibility index (Phi) is 4.09. The Morgan fingerprint density at radius 1 is 1.53 bits per heavy atom. The van der Waals surface area contributed by atoms with Gasteiger partial charge in [-0.3, -0.25) is 4.79 Å². The SMILES string of the molecule is CC(Cl)CN(C)C(=O)c1ccccc1F. The van der Waals surface area contributed by atoms with Gasteiger partial charge in [0.25, 0.3) is 5.91 Å². The third kappa shape index (κ3) is 3.20. The number of hydrogen-bond acceptors (Lipinski definition) is 1. The molecule has 0 aromatic heterocycles. The number of rotatable bonds is 3. The summed E-state index contributed by atoms with van der Waals surface area (Å²) in [7, 11) is 1.60. The van der Waals surface area contributed by atoms with E-state index < -0.39 is 5.82 Å². The minimum absolute atomic E-state index is 0.0808. The standard InChI is InChI=1S/C11H13ClFNO/c1-8(12)7-14(2)11(15)9-5-3-4-6-10(9)13/h3-6,8H,7H2,1-2H3. The Bertz CT molecular complexity index is 354. The van der Waals surface area contributed by atoms with E-state index in [0.717, 1.165) is 0 Å². The number of amides is 1. The fourth-order valence-electron chi connectivity index (χ4n) is 1.30. The summed E-state index contributed by atoms with van der Waals surface area (Å²) in [5, 5.41) is -0.147. The molecule has 1 atom stereocenters. The van der Waals surface area contributed by atoms with Gasteiger partial charge >= 0.3 is 0 Å². The molecule has 15 heavy (non-hydrogen) atoms. The van der Waals surface area contributed by atoms with Crippen molar-refractivity contribution in [2.75, 3.05) is 13.6 Å². The molecular formula is C11H13ClFNO. The number of alkyl halides is 1. The first kappa shape index (κ1) is 12.0. The Morgan fingerprint density at radius 2 is 2.13 bits per heavy atom. The lowest BCUT2D eigenvalue weighted by molar-refractivity contribution is 0.0791. The molecule has 4 heteroatoms. The van der Waals surface area contributed by atoms with E-state index in [1.807, 2.05) is 0 Å². The topological polar surface area (TPSA) is 20.3 Å². The summed E-state index contributed by atoms with van der Waals surface area (Å²) in [6, 6.07) is 5.92. The summed E-state index contributed by atoms with van der Waals surface area (Å²) in [5.41, 5.74) is 0.0808. The molecule has 0 radical (unpaired) electrons. The molecule has 0 aliphatic rings. The van der Waals surface area contributed by atoms with Crippen molar-refractivity contribution in [2.24, 2.45) is 0 Å². The van der Waals surface area contributed by atoms with Crippen molar-refractivity contribution in [3.05, 3.63) is 35.6 Å². The van der Waals surface area contributed by atoms with E-state index in [-0.39, 0.29) is 16.8 Å². The Hall–Kier alpha value is -1.09. The van der Waals surface area contributed by atoms with Gasteiger partial charge in [-0.15, -0.1) is 11.6 Å². The van der Waals surface area contributed by atoms with Gasteiger partial charge in [0.15, 0.2) is 0 Å². The monoisotopic (exact) mass is 229 g/mol. The molecule has 0 saturated heterocycles. The van der Waals surface area contributed by atoms with Gasteiger partial charge in [0, 0.05) is 19.0 Å². The van der Waals surface area contributed by atoms with Crippen LogP contribution in [0.25, 0.3) is 0 Å². The fraction of sp³-hybridized carbons (Fsp3) is 0.364. The number of carbonyl (C=O) groups excluding carboxylic acids is 1. The van der Waals surface area contributed by atoms with Crippen molar-refractivity contribution >= 4 is 17.5 Å². The van der Waals surface area contributed by atoms with Gasteiger partial charge in [-0.05, 0) is 19.1 Å². The van der Waals surface area contributed by atoms with Crippen LogP contribution in [-0.2, 0) is 0 Å². The summed E-state index contributed by atoms with van der Waals surface area (Å²) in [4.78, 5) is 13.1. The maximum Gasteiger partial charge on any atom is 0.256 e. The highest BCUT2D eigenvalue weighted by atomic mass is 35.5. The zero-order valence-electron chi connectivity index (χ0n) is 8.71. The van der Waals surface area contributed by atoms with Crippen LogP contribution in [0.1, 0.15) is 17.3 Å². The molecule has 0 fully saturated rings. The number of halogens is 2. The summed E-state index contributed by atoms with van der Waals surface area (Å²) in [5.74, 6) is -0.850. The molecule has 0 aliphatic heterocycles. The van der Waals surface area contributed by atoms with Crippen LogP contribution in [0, 0.1) is 5.82 Å². The zero-order chi connectivity index (χ0) is 11.4. The predicted molar refractivity (Wildman–Crippen MR) is 58.7 cm³/mol. The summed E-state index contributed by atoms with van der Waals surface area (Å²) in [6.45, 7) is 2.18. The third-order valence-electron chi connectivity index (χ3n) is 1.98. The second-order valence-electron chi connectivity index (χ2n) is 3.45. The largest absolute Gasteiger partial charge is 0.340 e. The van der Waals surface area contributed by atoms with Crippen LogP contribution in [0.2, 0.25) is 0 Å². The van der Waals surface area contributed by atoms with E-state index in [9.17, 15) is 9.18 Å². The van der Waals surface area contributed by atoms with Crippen molar-refractivity contribution in [3.63, 3.8) is 0 Å². The summed E-state index contributed by atoms with van der Waals surface area (Å²) < 4.78 is 13.3. The first-order valence-electron chi connectivity index (χ1n) is 4.66. The molecule has 0 saturated carbocycles. The molecule has 0 N–H and O–H groups in total. The first-order chi connectivity index (χ1) is 7.02. The van der Waals surface area contributed by atoms with E-state index in [4.69, 9.17) is 11.6 Å². The molecule has 82 valence electrons. The maximum atomic E-state index is 13.3. The molecule has 0 spiro atoms. The van der Waals surface area contributed by atoms with Crippen LogP contribution in [0.15, 0.2) is 24.3 Å². The van der Waals surface area contributed by atoms with E-state index in [1.54, 1.807) is 26.1 Å². The average molecular weight is 230 g/mol. The van der Waals surface area contributed by atoms with Gasteiger partial charge in [0.1, 0.15) is 5.82 Å². The number of carbonyl (C=O) groups is 1. The average Bonchev–Trinajstić information content (AvgIpc) is 2.16. The number of hydrogen-bond donors (Lipinski definition) is 0. The highest BCUT2D eigenvalue weighted by Gasteiger charge is 2.16. The smallest absolute Gasteiger partial charge is 0.256 e. The minimum Gasteiger partial charge on any atom is -0.340 e. The molecular weight excluding hydrogens is 217 g/mol. The molecule has 2 nitrogen and oxygen atoms in total. The summed E-state index contributed by atoms with van der Waals surface area (Å²) in [6.07, 6.45) is 0. The molecule has 0 aliphatic carbocycles. The van der Waals surface area contributed by atoms with Gasteiger partial charge in [-0.2, -0.15) is 0 Å². The Morgan fingerprint density at radius 3 is 2.67 bits per heavy atom. The van der Waals surface area contributed by atoms with Gasteiger partial charge in [0.05, 0.1) is 5.56 Å². The molecule has 1 aromatic rings. The van der Waals surface area contributed by atoms with E-state index in [2.05, 4.69) is 0 Å². The molecule has 0 heterocycles. The van der Waals surface area contributed by atoms with E-state index in [1.165, 1.54) is 17.0 Å². The van der Waals surface area contributed by atoms with Crippen LogP contribution in [0.5, 0.6) is 0 Å². The molecule has 0 bridgehead atoms. The van der Waals surface area contributed by atoms with Gasteiger partial charge in [-0.25, -0.2) is 4.39 Å². The van der Waals surface area contributed by atoms with Crippen molar-refractivity contribution in [1.29, 1.82) is 0 Å². The van der Waals surface area contributed by atoms with Crippen LogP contribution in [0.4, 0.5) is 4.39 Å². The number of benzene rings is 1. The van der Waals surface area contributed by atoms with Crippen LogP contribution < -0.4 is 0 Å². The quantitative estimate of drug-likeness (QED) is 0.730. The number of nitrogens with zero attached hydrogens (tertiary/aromatic N) is 1. The fourth-order valence-corrected chi connectivity index (χ4v) is 1.51. The van der Waals surface area contributed by atoms with Crippen LogP contribution in [-0.4, -0.2) is 29.8 Å². The highest BCUT2D eigenvalue weighted by Crippen LogP contribution is 2.10. The van der Waals surface area contributed by atoms with Gasteiger partial charge < -0.3 is 4.90 Å². The lowest BCUT2D eigenvalue weighted by atomic mass is 10.2. The summed E-state index contributed by atoms with van der Waals surface area (Å²) >= 11 is 5.76. The molecule has 1 rings (SSSR count). The van der Waals surface area contributed by atoms with Crippen LogP contribution >= 0.6 is 11.6 Å². The third-order valence-corrected chi connectivity index (χ3v) is 2.11. The molecule has 1 aromatic carbocycles. The van der Waals surface area contributed by atoms with E-state index >= 15 is 0 Å². The minimum atomic E-state index is -0.503. The molecule has 1 amide bonds. The Labute approximate surface area is 93.6 Å². The lowest BCUT2D eigenvalue weighted by Gasteiger charge is -2.18. The Balaban J connectivity index is 2.81. The van der Waals surface area contributed by atoms with Gasteiger partial charge in [0.2, 0.25) is 0 Å². The normalized spacial score (nSPS) is 12.3. The van der Waals surface area contributed by atoms with Crippen molar-refractivity contribution < 1.29 is 9.18 Å². The van der Waals surface area contributed by atoms with Crippen molar-refractivity contribution in [1.82, 2.24) is 4.90 Å². The van der Waals surface area contributed by atoms with Crippen molar-refractivity contribution in [2.45, 2.75) is 12.3 Å².